The largest absolute Gasteiger partial charge is 0.412 e. The average molecular weight is 374 g/mol. The summed E-state index contributed by atoms with van der Waals surface area (Å²) in [6.45, 7) is 0. The smallest absolute Gasteiger partial charge is 0.318 e. The fourth-order valence-electron chi connectivity index (χ4n) is 1.58. The molecule has 0 saturated heterocycles. The zero-order valence-electron chi connectivity index (χ0n) is 12.3. The van der Waals surface area contributed by atoms with E-state index in [9.17, 15) is 20.2 Å². The van der Waals surface area contributed by atoms with Crippen molar-refractivity contribution in [1.29, 1.82) is 0 Å². The van der Waals surface area contributed by atoms with Gasteiger partial charge in [0, 0.05) is 0 Å². The lowest BCUT2D eigenvalue weighted by molar-refractivity contribution is -0.572. The summed E-state index contributed by atoms with van der Waals surface area (Å²) in [4.78, 5) is 27.4. The first-order chi connectivity index (χ1) is 11.5. The van der Waals surface area contributed by atoms with Gasteiger partial charge in [-0.3, -0.25) is 10.2 Å². The Balaban J connectivity index is 0.000000241. The first-order valence-electron chi connectivity index (χ1n) is 5.85. The van der Waals surface area contributed by atoms with E-state index >= 15 is 0 Å². The molecule has 0 saturated carbocycles. The van der Waals surface area contributed by atoms with Gasteiger partial charge in [0.05, 0.1) is 0 Å². The highest BCUT2D eigenvalue weighted by Gasteiger charge is 2.13. The summed E-state index contributed by atoms with van der Waals surface area (Å²) >= 11 is 0. The van der Waals surface area contributed by atoms with Crippen molar-refractivity contribution >= 4 is 23.5 Å². The van der Waals surface area contributed by atoms with Crippen molar-refractivity contribution in [3.05, 3.63) is 43.7 Å². The van der Waals surface area contributed by atoms with Crippen LogP contribution in [0.3, 0.4) is 0 Å². The van der Waals surface area contributed by atoms with E-state index in [2.05, 4.69) is 51.4 Å². The molecular weight excluding hydrogens is 364 g/mol. The molecule has 0 spiro atoms. The van der Waals surface area contributed by atoms with Gasteiger partial charge in [-0.15, -0.1) is 10.2 Å². The molecule has 0 unspecified atom stereocenters. The maximum Gasteiger partial charge on any atom is 0.318 e. The van der Waals surface area contributed by atoms with Crippen LogP contribution in [0.5, 0.6) is 0 Å². The number of nitrogens with one attached hydrogen (secondary N) is 4. The minimum absolute atomic E-state index is 0. The van der Waals surface area contributed by atoms with Crippen LogP contribution < -0.4 is 9.03 Å². The van der Waals surface area contributed by atoms with Crippen molar-refractivity contribution < 1.29 is 30.0 Å². The Bertz CT molecular complexity index is 915. The molecule has 0 aliphatic carbocycles. The van der Waals surface area contributed by atoms with Gasteiger partial charge in [-0.2, -0.15) is 19.0 Å². The molecule has 0 aliphatic heterocycles. The van der Waals surface area contributed by atoms with Gasteiger partial charge in [0.1, 0.15) is 23.5 Å². The average Bonchev–Trinajstić information content (AvgIpc) is 3.23. The van der Waals surface area contributed by atoms with Crippen molar-refractivity contribution in [2.45, 2.75) is 0 Å². The lowest BCUT2D eigenvalue weighted by Gasteiger charge is -1.85. The Morgan fingerprint density at radius 1 is 0.846 bits per heavy atom. The van der Waals surface area contributed by atoms with Crippen molar-refractivity contribution in [1.82, 2.24) is 40.6 Å². The van der Waals surface area contributed by atoms with Crippen LogP contribution in [-0.4, -0.2) is 61.6 Å². The fourth-order valence-corrected chi connectivity index (χ4v) is 1.58. The second kappa shape index (κ2) is 7.88. The molecule has 4 rings (SSSR count). The van der Waals surface area contributed by atoms with E-state index in [0.29, 0.717) is 11.6 Å². The fraction of sp³-hybridized carbons (Fsp3) is 0. The summed E-state index contributed by atoms with van der Waals surface area (Å²) in [5.41, 5.74) is 6.03. The Hall–Kier alpha value is -4.46. The zero-order chi connectivity index (χ0) is 17.1. The molecule has 0 aromatic carbocycles. The summed E-state index contributed by atoms with van der Waals surface area (Å²) in [5.74, 6) is 0.589. The van der Waals surface area contributed by atoms with E-state index in [-0.39, 0.29) is 22.8 Å². The second-order valence-corrected chi connectivity index (χ2v) is 3.82. The second-order valence-electron chi connectivity index (χ2n) is 3.82. The van der Waals surface area contributed by atoms with E-state index in [4.69, 9.17) is 0 Å². The first kappa shape index (κ1) is 19.6. The zero-order valence-corrected chi connectivity index (χ0v) is 12.3. The predicted molar refractivity (Wildman–Crippen MR) is 75.0 cm³/mol. The Labute approximate surface area is 139 Å². The summed E-state index contributed by atoms with van der Waals surface area (Å²) in [7, 11) is 0. The third-order valence-corrected chi connectivity index (χ3v) is 2.42. The molecule has 0 atom stereocenters. The third kappa shape index (κ3) is 3.89. The van der Waals surface area contributed by atoms with E-state index in [0.717, 1.165) is 0 Å². The maximum atomic E-state index is 9.98. The van der Waals surface area contributed by atoms with Crippen LogP contribution in [0.2, 0.25) is 0 Å². The highest BCUT2D eigenvalue weighted by Crippen LogP contribution is 2.06. The van der Waals surface area contributed by atoms with Crippen molar-refractivity contribution in [2.75, 3.05) is 0 Å². The number of rotatable bonds is 4. The summed E-state index contributed by atoms with van der Waals surface area (Å²) in [6, 6.07) is 0. The molecule has 0 radical (unpaired) electrons. The van der Waals surface area contributed by atoms with E-state index < -0.39 is 10.1 Å². The topological polar surface area (TPSA) is 300 Å². The Morgan fingerprint density at radius 3 is 1.58 bits per heavy atom. The van der Waals surface area contributed by atoms with E-state index in [1.165, 1.54) is 21.7 Å². The molecule has 4 aromatic rings. The molecule has 20 nitrogen and oxygen atoms in total. The molecule has 0 bridgehead atoms. The highest BCUT2D eigenvalue weighted by atomic mass is 16.7. The lowest BCUT2D eigenvalue weighted by Crippen LogP contribution is -2.21. The Kier molecular flexibility index (Phi) is 5.94. The quantitative estimate of drug-likeness (QED) is 0.157. The van der Waals surface area contributed by atoms with Crippen LogP contribution in [0.1, 0.15) is 0 Å². The molecule has 0 aliphatic rings. The number of hydrogen-bond acceptors (Lipinski definition) is 8. The number of aromatic amines is 4. The molecule has 0 fully saturated rings. The number of hydrogen-bond donors (Lipinski definition) is 4. The molecule has 4 heterocycles. The maximum absolute atomic E-state index is 9.98. The number of H-pyrrole nitrogens is 4. The summed E-state index contributed by atoms with van der Waals surface area (Å²) < 4.78 is 2.51. The SMILES string of the molecule is O.O.O=[N+]([O-])[N-]c1[nH]nc2nc[nH][n+]12.O=[N+]([O-])[N-]c1[nH]nc2nc[nH][n+]12. The number of nitro groups is 2. The number of fused-ring (bicyclic) bond motifs is 2. The number of nitrogens with zero attached hydrogens (tertiary/aromatic N) is 10. The molecular formula is C6H10N14O6. The molecule has 0 amide bonds. The van der Waals surface area contributed by atoms with Crippen LogP contribution >= 0.6 is 0 Å². The molecule has 140 valence electrons. The molecule has 4 aromatic heterocycles. The molecule has 8 N–H and O–H groups in total. The summed E-state index contributed by atoms with van der Waals surface area (Å²) in [5, 5.41) is 35.4. The third-order valence-electron chi connectivity index (χ3n) is 2.42. The van der Waals surface area contributed by atoms with Gasteiger partial charge >= 0.3 is 11.9 Å². The first-order valence-corrected chi connectivity index (χ1v) is 5.85. The van der Waals surface area contributed by atoms with Gasteiger partial charge in [0.15, 0.2) is 10.1 Å². The minimum atomic E-state index is -0.819. The van der Waals surface area contributed by atoms with Crippen molar-refractivity contribution in [2.24, 2.45) is 0 Å². The van der Waals surface area contributed by atoms with Crippen LogP contribution in [0.25, 0.3) is 22.4 Å². The van der Waals surface area contributed by atoms with E-state index in [1.807, 2.05) is 0 Å². The van der Waals surface area contributed by atoms with Crippen LogP contribution in [-0.2, 0) is 0 Å². The summed E-state index contributed by atoms with van der Waals surface area (Å²) in [6.07, 6.45) is 2.71. The van der Waals surface area contributed by atoms with Gasteiger partial charge in [0.2, 0.25) is 0 Å². The van der Waals surface area contributed by atoms with Gasteiger partial charge in [-0.05, 0) is 0 Å². The van der Waals surface area contributed by atoms with Crippen molar-refractivity contribution in [3.8, 4) is 0 Å². The van der Waals surface area contributed by atoms with Crippen LogP contribution in [0.4, 0.5) is 11.9 Å². The van der Waals surface area contributed by atoms with Gasteiger partial charge in [-0.25, -0.2) is 30.4 Å². The lowest BCUT2D eigenvalue weighted by atomic mass is 11.0. The standard InChI is InChI=1S/2C3H2N7O2.2H2O/c2*11-10(12)8-3-7-6-2-4-1-5-9(2)3;;/h2*1H,(H-,4,5,6,7,8);2*1H2/q2*-1;;/p+2. The number of aromatic nitrogens is 10. The van der Waals surface area contributed by atoms with Gasteiger partial charge in [-0.1, -0.05) is 0 Å². The van der Waals surface area contributed by atoms with Crippen molar-refractivity contribution in [3.63, 3.8) is 0 Å². The van der Waals surface area contributed by atoms with Gasteiger partial charge < -0.3 is 11.0 Å². The van der Waals surface area contributed by atoms with E-state index in [1.54, 1.807) is 0 Å². The molecule has 26 heavy (non-hydrogen) atoms. The van der Waals surface area contributed by atoms with Gasteiger partial charge in [0.25, 0.3) is 11.6 Å². The molecule has 20 heteroatoms. The van der Waals surface area contributed by atoms with Crippen LogP contribution in [0, 0.1) is 20.2 Å². The van der Waals surface area contributed by atoms with Crippen LogP contribution in [0.15, 0.2) is 12.7 Å². The monoisotopic (exact) mass is 374 g/mol. The minimum Gasteiger partial charge on any atom is -0.412 e. The Morgan fingerprint density at radius 2 is 1.23 bits per heavy atom. The highest BCUT2D eigenvalue weighted by molar-refractivity contribution is 5.24. The predicted octanol–water partition coefficient (Wildman–Crippen LogP) is -3.51. The normalized spacial score (nSPS) is 9.54.